The molecule has 0 fully saturated rings. The van der Waals surface area contributed by atoms with E-state index < -0.39 is 0 Å². The number of aryl methyl sites for hydroxylation is 2. The minimum Gasteiger partial charge on any atom is -0.437 e. The summed E-state index contributed by atoms with van der Waals surface area (Å²) in [6.07, 6.45) is 0. The molecule has 1 heterocycles. The highest BCUT2D eigenvalue weighted by Crippen LogP contribution is 2.27. The average Bonchev–Trinajstić information content (AvgIpc) is 2.50. The molecule has 0 radical (unpaired) electrons. The molecule has 16 heavy (non-hydrogen) atoms. The monoisotopic (exact) mass is 221 g/mol. The average molecular weight is 221 g/mol. The first-order valence-electron chi connectivity index (χ1n) is 4.80. The Hall–Kier alpha value is -2.04. The largest absolute Gasteiger partial charge is 0.437 e. The predicted octanol–water partition coefficient (Wildman–Crippen LogP) is 2.24. The van der Waals surface area contributed by atoms with Gasteiger partial charge in [-0.05, 0) is 19.1 Å². The Morgan fingerprint density at radius 2 is 2.12 bits per heavy atom. The van der Waals surface area contributed by atoms with E-state index in [9.17, 15) is 4.39 Å². The van der Waals surface area contributed by atoms with Gasteiger partial charge in [0.05, 0.1) is 11.4 Å². The highest BCUT2D eigenvalue weighted by atomic mass is 19.1. The minimum absolute atomic E-state index is 0.263. The van der Waals surface area contributed by atoms with Crippen LogP contribution in [-0.4, -0.2) is 9.78 Å². The van der Waals surface area contributed by atoms with Gasteiger partial charge in [-0.2, -0.15) is 5.10 Å². The molecule has 5 heteroatoms. The molecule has 0 amide bonds. The summed E-state index contributed by atoms with van der Waals surface area (Å²) in [5, 5.41) is 4.13. The van der Waals surface area contributed by atoms with Crippen molar-refractivity contribution in [3.63, 3.8) is 0 Å². The van der Waals surface area contributed by atoms with Gasteiger partial charge >= 0.3 is 0 Å². The normalized spacial score (nSPS) is 10.4. The zero-order valence-corrected chi connectivity index (χ0v) is 9.07. The van der Waals surface area contributed by atoms with Crippen molar-refractivity contribution < 1.29 is 9.13 Å². The van der Waals surface area contributed by atoms with E-state index in [4.69, 9.17) is 10.5 Å². The van der Waals surface area contributed by atoms with Crippen LogP contribution < -0.4 is 10.5 Å². The van der Waals surface area contributed by atoms with E-state index in [0.29, 0.717) is 11.6 Å². The first-order chi connectivity index (χ1) is 7.56. The van der Waals surface area contributed by atoms with E-state index in [1.165, 1.54) is 18.2 Å². The zero-order chi connectivity index (χ0) is 11.7. The number of rotatable bonds is 2. The molecule has 1 aromatic heterocycles. The van der Waals surface area contributed by atoms with Crippen molar-refractivity contribution in [1.82, 2.24) is 9.78 Å². The first-order valence-corrected chi connectivity index (χ1v) is 4.80. The summed E-state index contributed by atoms with van der Waals surface area (Å²) in [6, 6.07) is 5.79. The molecule has 0 aliphatic rings. The van der Waals surface area contributed by atoms with Gasteiger partial charge in [0.25, 0.3) is 0 Å². The van der Waals surface area contributed by atoms with Crippen molar-refractivity contribution in [1.29, 1.82) is 0 Å². The SMILES string of the molecule is Cc1cc(Oc2ccc(F)cc2N)n(C)n1. The second-order valence-corrected chi connectivity index (χ2v) is 3.53. The summed E-state index contributed by atoms with van der Waals surface area (Å²) in [6.45, 7) is 1.86. The van der Waals surface area contributed by atoms with Gasteiger partial charge in [0.2, 0.25) is 5.88 Å². The van der Waals surface area contributed by atoms with Crippen LogP contribution in [0.2, 0.25) is 0 Å². The van der Waals surface area contributed by atoms with E-state index in [-0.39, 0.29) is 11.5 Å². The smallest absolute Gasteiger partial charge is 0.217 e. The molecule has 0 bridgehead atoms. The lowest BCUT2D eigenvalue weighted by atomic mass is 10.3. The number of anilines is 1. The fourth-order valence-corrected chi connectivity index (χ4v) is 1.41. The summed E-state index contributed by atoms with van der Waals surface area (Å²) in [5.41, 5.74) is 6.74. The summed E-state index contributed by atoms with van der Waals surface area (Å²) in [7, 11) is 1.77. The van der Waals surface area contributed by atoms with Gasteiger partial charge < -0.3 is 10.5 Å². The lowest BCUT2D eigenvalue weighted by Crippen LogP contribution is -1.98. The van der Waals surface area contributed by atoms with Crippen LogP contribution >= 0.6 is 0 Å². The van der Waals surface area contributed by atoms with E-state index in [0.717, 1.165) is 5.69 Å². The fourth-order valence-electron chi connectivity index (χ4n) is 1.41. The maximum absolute atomic E-state index is 12.8. The molecule has 2 rings (SSSR count). The molecule has 1 aromatic carbocycles. The Labute approximate surface area is 92.4 Å². The van der Waals surface area contributed by atoms with Crippen LogP contribution in [0.3, 0.4) is 0 Å². The first kappa shape index (κ1) is 10.5. The second kappa shape index (κ2) is 3.84. The van der Waals surface area contributed by atoms with Crippen molar-refractivity contribution in [2.75, 3.05) is 5.73 Å². The lowest BCUT2D eigenvalue weighted by molar-refractivity contribution is 0.431. The van der Waals surface area contributed by atoms with Crippen LogP contribution in [0.5, 0.6) is 11.6 Å². The quantitative estimate of drug-likeness (QED) is 0.791. The van der Waals surface area contributed by atoms with Gasteiger partial charge in [-0.25, -0.2) is 9.07 Å². The molecule has 0 saturated heterocycles. The zero-order valence-electron chi connectivity index (χ0n) is 9.07. The third-order valence-electron chi connectivity index (χ3n) is 2.15. The number of halogens is 1. The number of nitrogen functional groups attached to an aromatic ring is 1. The molecule has 2 aromatic rings. The number of benzene rings is 1. The van der Waals surface area contributed by atoms with Gasteiger partial charge in [-0.1, -0.05) is 0 Å². The maximum atomic E-state index is 12.8. The van der Waals surface area contributed by atoms with E-state index >= 15 is 0 Å². The summed E-state index contributed by atoms with van der Waals surface area (Å²) >= 11 is 0. The van der Waals surface area contributed by atoms with Crippen molar-refractivity contribution in [3.05, 3.63) is 35.8 Å². The van der Waals surface area contributed by atoms with Gasteiger partial charge in [-0.3, -0.25) is 0 Å². The summed E-state index contributed by atoms with van der Waals surface area (Å²) in [5.74, 6) is 0.603. The topological polar surface area (TPSA) is 53.1 Å². The van der Waals surface area contributed by atoms with Crippen LogP contribution in [0.1, 0.15) is 5.69 Å². The molecule has 0 saturated carbocycles. The molecule has 2 N–H and O–H groups in total. The Balaban J connectivity index is 2.30. The fraction of sp³-hybridized carbons (Fsp3) is 0.182. The molecular weight excluding hydrogens is 209 g/mol. The Morgan fingerprint density at radius 3 is 2.69 bits per heavy atom. The Morgan fingerprint density at radius 1 is 1.38 bits per heavy atom. The Kier molecular flexibility index (Phi) is 2.52. The van der Waals surface area contributed by atoms with Crippen LogP contribution in [-0.2, 0) is 7.05 Å². The van der Waals surface area contributed by atoms with Crippen LogP contribution in [0.25, 0.3) is 0 Å². The van der Waals surface area contributed by atoms with Gasteiger partial charge in [0.15, 0.2) is 5.75 Å². The minimum atomic E-state index is -0.383. The number of hydrogen-bond donors (Lipinski definition) is 1. The number of nitrogens with zero attached hydrogens (tertiary/aromatic N) is 2. The van der Waals surface area contributed by atoms with Crippen molar-refractivity contribution in [3.8, 4) is 11.6 Å². The predicted molar refractivity (Wildman–Crippen MR) is 58.8 cm³/mol. The van der Waals surface area contributed by atoms with E-state index in [1.807, 2.05) is 6.92 Å². The van der Waals surface area contributed by atoms with Crippen molar-refractivity contribution in [2.24, 2.45) is 7.05 Å². The molecule has 0 aliphatic carbocycles. The molecule has 84 valence electrons. The molecular formula is C11H12FN3O. The van der Waals surface area contributed by atoms with Crippen LogP contribution in [0, 0.1) is 12.7 Å². The third kappa shape index (κ3) is 1.98. The highest BCUT2D eigenvalue weighted by molar-refractivity contribution is 5.53. The number of ether oxygens (including phenoxy) is 1. The molecule has 0 aliphatic heterocycles. The number of aromatic nitrogens is 2. The standard InChI is InChI=1S/C11H12FN3O/c1-7-5-11(15(2)14-7)16-10-4-3-8(12)6-9(10)13/h3-6H,13H2,1-2H3. The van der Waals surface area contributed by atoms with Crippen molar-refractivity contribution in [2.45, 2.75) is 6.92 Å². The van der Waals surface area contributed by atoms with Gasteiger partial charge in [-0.15, -0.1) is 0 Å². The summed E-state index contributed by atoms with van der Waals surface area (Å²) < 4.78 is 19.9. The molecule has 0 spiro atoms. The van der Waals surface area contributed by atoms with Gasteiger partial charge in [0, 0.05) is 19.2 Å². The van der Waals surface area contributed by atoms with Crippen LogP contribution in [0.4, 0.5) is 10.1 Å². The summed E-state index contributed by atoms with van der Waals surface area (Å²) in [4.78, 5) is 0. The molecule has 0 atom stereocenters. The van der Waals surface area contributed by atoms with E-state index in [2.05, 4.69) is 5.10 Å². The molecule has 4 nitrogen and oxygen atoms in total. The Bertz CT molecular complexity index is 522. The maximum Gasteiger partial charge on any atom is 0.217 e. The third-order valence-corrected chi connectivity index (χ3v) is 2.15. The molecule has 0 unspecified atom stereocenters. The van der Waals surface area contributed by atoms with Crippen LogP contribution in [0.15, 0.2) is 24.3 Å². The van der Waals surface area contributed by atoms with Gasteiger partial charge in [0.1, 0.15) is 5.82 Å². The lowest BCUT2D eigenvalue weighted by Gasteiger charge is -2.07. The number of hydrogen-bond acceptors (Lipinski definition) is 3. The second-order valence-electron chi connectivity index (χ2n) is 3.53. The number of nitrogens with two attached hydrogens (primary N) is 1. The van der Waals surface area contributed by atoms with Crippen molar-refractivity contribution >= 4 is 5.69 Å². The highest BCUT2D eigenvalue weighted by Gasteiger charge is 2.07. The van der Waals surface area contributed by atoms with E-state index in [1.54, 1.807) is 17.8 Å².